The van der Waals surface area contributed by atoms with E-state index in [4.69, 9.17) is 0 Å². The molecule has 1 saturated heterocycles. The Kier molecular flexibility index (Phi) is 6.88. The third-order valence-corrected chi connectivity index (χ3v) is 5.11. The van der Waals surface area contributed by atoms with E-state index in [2.05, 4.69) is 31.1 Å². The molecule has 0 aromatic carbocycles. The first-order chi connectivity index (χ1) is 11.0. The molecule has 5 nitrogen and oxygen atoms in total. The molecule has 2 rings (SSSR count). The van der Waals surface area contributed by atoms with Gasteiger partial charge in [-0.1, -0.05) is 33.1 Å². The zero-order chi connectivity index (χ0) is 16.8. The van der Waals surface area contributed by atoms with Crippen LogP contribution in [0.3, 0.4) is 0 Å². The summed E-state index contributed by atoms with van der Waals surface area (Å²) < 4.78 is 0. The lowest BCUT2D eigenvalue weighted by atomic mass is 9.88. The second kappa shape index (κ2) is 8.67. The van der Waals surface area contributed by atoms with Gasteiger partial charge in [0.2, 0.25) is 11.8 Å². The number of carbonyl (C=O) groups excluding carboxylic acids is 2. The summed E-state index contributed by atoms with van der Waals surface area (Å²) in [7, 11) is 2.08. The van der Waals surface area contributed by atoms with Crippen LogP contribution >= 0.6 is 0 Å². The molecule has 0 aromatic heterocycles. The third-order valence-electron chi connectivity index (χ3n) is 5.11. The van der Waals surface area contributed by atoms with Crippen LogP contribution in [0.2, 0.25) is 0 Å². The van der Waals surface area contributed by atoms with Gasteiger partial charge < -0.3 is 15.1 Å². The number of nitrogens with one attached hydrogen (secondary N) is 1. The lowest BCUT2D eigenvalue weighted by molar-refractivity contribution is -0.139. The minimum Gasteiger partial charge on any atom is -0.344 e. The van der Waals surface area contributed by atoms with Gasteiger partial charge >= 0.3 is 0 Å². The Balaban J connectivity index is 1.95. The fourth-order valence-corrected chi connectivity index (χ4v) is 3.59. The van der Waals surface area contributed by atoms with E-state index in [0.717, 1.165) is 58.3 Å². The lowest BCUT2D eigenvalue weighted by Crippen LogP contribution is -2.55. The standard InChI is InChI=1S/C18H33N3O2/c1-14(2)13-16(18(23)21-11-9-20(3)10-12-21)19-17(22)15-7-5-4-6-8-15/h14-16H,4-13H2,1-3H3,(H,19,22)/t16-/m0/s1. The number of hydrogen-bond donors (Lipinski definition) is 1. The first kappa shape index (κ1) is 18.2. The van der Waals surface area contributed by atoms with Crippen molar-refractivity contribution in [2.45, 2.75) is 58.4 Å². The van der Waals surface area contributed by atoms with Crippen LogP contribution in [0, 0.1) is 11.8 Å². The molecule has 2 amide bonds. The summed E-state index contributed by atoms with van der Waals surface area (Å²) in [5.41, 5.74) is 0. The van der Waals surface area contributed by atoms with E-state index in [9.17, 15) is 9.59 Å². The molecule has 1 atom stereocenters. The molecule has 0 aromatic rings. The van der Waals surface area contributed by atoms with E-state index >= 15 is 0 Å². The number of hydrogen-bond acceptors (Lipinski definition) is 3. The molecule has 0 unspecified atom stereocenters. The topological polar surface area (TPSA) is 52.7 Å². The number of carbonyl (C=O) groups is 2. The Hall–Kier alpha value is -1.10. The van der Waals surface area contributed by atoms with Crippen LogP contribution in [0.25, 0.3) is 0 Å². The van der Waals surface area contributed by atoms with E-state index < -0.39 is 0 Å². The number of piperazine rings is 1. The predicted molar refractivity (Wildman–Crippen MR) is 92.0 cm³/mol. The van der Waals surface area contributed by atoms with Gasteiger partial charge in [-0.25, -0.2) is 0 Å². The molecule has 0 radical (unpaired) electrons. The molecule has 23 heavy (non-hydrogen) atoms. The van der Waals surface area contributed by atoms with Crippen LogP contribution in [-0.4, -0.2) is 60.9 Å². The Morgan fingerprint density at radius 3 is 2.22 bits per heavy atom. The van der Waals surface area contributed by atoms with Gasteiger partial charge in [-0.05, 0) is 32.2 Å². The average molecular weight is 323 g/mol. The Morgan fingerprint density at radius 2 is 1.65 bits per heavy atom. The van der Waals surface area contributed by atoms with Crippen molar-refractivity contribution in [3.05, 3.63) is 0 Å². The van der Waals surface area contributed by atoms with Crippen LogP contribution < -0.4 is 5.32 Å². The highest BCUT2D eigenvalue weighted by molar-refractivity contribution is 5.88. The zero-order valence-corrected chi connectivity index (χ0v) is 15.0. The quantitative estimate of drug-likeness (QED) is 0.840. The average Bonchev–Trinajstić information content (AvgIpc) is 2.54. The van der Waals surface area contributed by atoms with Crippen molar-refractivity contribution in [3.8, 4) is 0 Å². The molecule has 1 aliphatic carbocycles. The predicted octanol–water partition coefficient (Wildman–Crippen LogP) is 1.87. The highest BCUT2D eigenvalue weighted by Gasteiger charge is 2.30. The molecule has 1 aliphatic heterocycles. The first-order valence-electron chi connectivity index (χ1n) is 9.25. The summed E-state index contributed by atoms with van der Waals surface area (Å²) in [5.74, 6) is 0.704. The maximum Gasteiger partial charge on any atom is 0.245 e. The van der Waals surface area contributed by atoms with Crippen LogP contribution in [0.5, 0.6) is 0 Å². The molecule has 1 N–H and O–H groups in total. The minimum atomic E-state index is -0.354. The second-order valence-electron chi connectivity index (χ2n) is 7.65. The van der Waals surface area contributed by atoms with Gasteiger partial charge in [0.15, 0.2) is 0 Å². The molecule has 1 saturated carbocycles. The van der Waals surface area contributed by atoms with E-state index in [1.165, 1.54) is 6.42 Å². The van der Waals surface area contributed by atoms with Crippen LogP contribution in [0.1, 0.15) is 52.4 Å². The van der Waals surface area contributed by atoms with E-state index in [0.29, 0.717) is 5.92 Å². The van der Waals surface area contributed by atoms with Gasteiger partial charge in [-0.3, -0.25) is 9.59 Å². The van der Waals surface area contributed by atoms with Crippen molar-refractivity contribution in [1.29, 1.82) is 0 Å². The van der Waals surface area contributed by atoms with Gasteiger partial charge in [0.05, 0.1) is 0 Å². The highest BCUT2D eigenvalue weighted by atomic mass is 16.2. The molecule has 132 valence electrons. The van der Waals surface area contributed by atoms with Gasteiger partial charge in [-0.2, -0.15) is 0 Å². The Labute approximate surface area is 140 Å². The molecular formula is C18H33N3O2. The molecule has 2 fully saturated rings. The third kappa shape index (κ3) is 5.48. The number of nitrogens with zero attached hydrogens (tertiary/aromatic N) is 2. The second-order valence-corrected chi connectivity index (χ2v) is 7.65. The lowest BCUT2D eigenvalue weighted by Gasteiger charge is -2.35. The molecule has 2 aliphatic rings. The smallest absolute Gasteiger partial charge is 0.245 e. The first-order valence-corrected chi connectivity index (χ1v) is 9.25. The number of likely N-dealkylation sites (N-methyl/N-ethyl adjacent to an activating group) is 1. The molecule has 0 bridgehead atoms. The van der Waals surface area contributed by atoms with Crippen molar-refractivity contribution in [2.75, 3.05) is 33.2 Å². The molecule has 0 spiro atoms. The summed E-state index contributed by atoms with van der Waals surface area (Å²) in [5, 5.41) is 3.08. The zero-order valence-electron chi connectivity index (χ0n) is 15.0. The summed E-state index contributed by atoms with van der Waals surface area (Å²) in [6.07, 6.45) is 6.19. The summed E-state index contributed by atoms with van der Waals surface area (Å²) in [6.45, 7) is 7.58. The molecule has 1 heterocycles. The fourth-order valence-electron chi connectivity index (χ4n) is 3.59. The summed E-state index contributed by atoms with van der Waals surface area (Å²) in [4.78, 5) is 29.6. The van der Waals surface area contributed by atoms with E-state index in [1.54, 1.807) is 0 Å². The maximum absolute atomic E-state index is 12.9. The monoisotopic (exact) mass is 323 g/mol. The maximum atomic E-state index is 12.9. The van der Waals surface area contributed by atoms with Crippen molar-refractivity contribution in [3.63, 3.8) is 0 Å². The Bertz CT molecular complexity index is 397. The van der Waals surface area contributed by atoms with Gasteiger partial charge in [0.1, 0.15) is 6.04 Å². The molecular weight excluding hydrogens is 290 g/mol. The van der Waals surface area contributed by atoms with Crippen molar-refractivity contribution >= 4 is 11.8 Å². The summed E-state index contributed by atoms with van der Waals surface area (Å²) in [6, 6.07) is -0.354. The largest absolute Gasteiger partial charge is 0.344 e. The van der Waals surface area contributed by atoms with Crippen LogP contribution in [0.4, 0.5) is 0 Å². The SMILES string of the molecule is CC(C)C[C@H](NC(=O)C1CCCCC1)C(=O)N1CCN(C)CC1. The van der Waals surface area contributed by atoms with E-state index in [1.807, 2.05) is 4.90 Å². The normalized spacial score (nSPS) is 22.2. The highest BCUT2D eigenvalue weighted by Crippen LogP contribution is 2.24. The fraction of sp³-hybridized carbons (Fsp3) is 0.889. The van der Waals surface area contributed by atoms with Gasteiger partial charge in [0.25, 0.3) is 0 Å². The van der Waals surface area contributed by atoms with Crippen LogP contribution in [-0.2, 0) is 9.59 Å². The minimum absolute atomic E-state index is 0.0952. The Morgan fingerprint density at radius 1 is 1.04 bits per heavy atom. The van der Waals surface area contributed by atoms with Crippen molar-refractivity contribution in [2.24, 2.45) is 11.8 Å². The van der Waals surface area contributed by atoms with Crippen molar-refractivity contribution < 1.29 is 9.59 Å². The van der Waals surface area contributed by atoms with Gasteiger partial charge in [0, 0.05) is 32.1 Å². The summed E-state index contributed by atoms with van der Waals surface area (Å²) >= 11 is 0. The van der Waals surface area contributed by atoms with E-state index in [-0.39, 0.29) is 23.8 Å². The number of amides is 2. The van der Waals surface area contributed by atoms with Crippen LogP contribution in [0.15, 0.2) is 0 Å². The number of rotatable bonds is 5. The van der Waals surface area contributed by atoms with Gasteiger partial charge in [-0.15, -0.1) is 0 Å². The molecule has 5 heteroatoms. The van der Waals surface area contributed by atoms with Crippen molar-refractivity contribution in [1.82, 2.24) is 15.1 Å².